The van der Waals surface area contributed by atoms with Crippen LogP contribution in [0.25, 0.3) is 0 Å². The Morgan fingerprint density at radius 1 is 1.04 bits per heavy atom. The summed E-state index contributed by atoms with van der Waals surface area (Å²) < 4.78 is 10.0. The molecule has 26 heavy (non-hydrogen) atoms. The number of carbonyl (C=O) groups is 2. The largest absolute Gasteiger partial charge is 0.481 e. The van der Waals surface area contributed by atoms with Gasteiger partial charge >= 0.3 is 6.03 Å². The summed E-state index contributed by atoms with van der Waals surface area (Å²) >= 11 is 0. The molecular weight excluding hydrogens is 340 g/mol. The minimum Gasteiger partial charge on any atom is -0.481 e. The molecular formula is C16H20N6O4. The van der Waals surface area contributed by atoms with Crippen molar-refractivity contribution in [2.45, 2.75) is 0 Å². The Hall–Kier alpha value is -3.56. The summed E-state index contributed by atoms with van der Waals surface area (Å²) in [5.74, 6) is 0.276. The van der Waals surface area contributed by atoms with Crippen molar-refractivity contribution >= 4 is 23.6 Å². The first-order valence-corrected chi connectivity index (χ1v) is 7.55. The van der Waals surface area contributed by atoms with E-state index >= 15 is 0 Å². The summed E-state index contributed by atoms with van der Waals surface area (Å²) in [5, 5.41) is 2.44. The number of ether oxygens (including phenoxy) is 2. The lowest BCUT2D eigenvalue weighted by atomic mass is 10.1. The normalized spacial score (nSPS) is 9.85. The van der Waals surface area contributed by atoms with E-state index in [1.165, 1.54) is 25.2 Å². The SMILES string of the molecule is COc1cc(OC)nc(NC(=O)NNc2ccccc2C(=O)N(C)C)n1. The van der Waals surface area contributed by atoms with Gasteiger partial charge in [0.1, 0.15) is 0 Å². The average molecular weight is 360 g/mol. The van der Waals surface area contributed by atoms with Crippen molar-refractivity contribution in [1.29, 1.82) is 0 Å². The number of amides is 3. The second-order valence-corrected chi connectivity index (χ2v) is 5.23. The van der Waals surface area contributed by atoms with E-state index < -0.39 is 6.03 Å². The molecule has 2 rings (SSSR count). The van der Waals surface area contributed by atoms with Crippen LogP contribution in [0.1, 0.15) is 10.4 Å². The van der Waals surface area contributed by atoms with Crippen molar-refractivity contribution in [3.63, 3.8) is 0 Å². The number of methoxy groups -OCH3 is 2. The van der Waals surface area contributed by atoms with Gasteiger partial charge in [-0.1, -0.05) is 12.1 Å². The molecule has 3 N–H and O–H groups in total. The Morgan fingerprint density at radius 3 is 2.23 bits per heavy atom. The molecule has 0 fully saturated rings. The second kappa shape index (κ2) is 8.51. The molecule has 0 aliphatic rings. The number of aromatic nitrogens is 2. The first-order valence-electron chi connectivity index (χ1n) is 7.55. The number of anilines is 2. The Labute approximate surface area is 150 Å². The number of hydrogen-bond donors (Lipinski definition) is 3. The summed E-state index contributed by atoms with van der Waals surface area (Å²) in [5.41, 5.74) is 5.99. The van der Waals surface area contributed by atoms with Crippen molar-refractivity contribution in [1.82, 2.24) is 20.3 Å². The van der Waals surface area contributed by atoms with E-state index in [4.69, 9.17) is 9.47 Å². The lowest BCUT2D eigenvalue weighted by Gasteiger charge is -2.16. The first-order chi connectivity index (χ1) is 12.4. The molecule has 0 bridgehead atoms. The third kappa shape index (κ3) is 4.72. The van der Waals surface area contributed by atoms with Crippen LogP contribution in [0, 0.1) is 0 Å². The van der Waals surface area contributed by atoms with Gasteiger partial charge in [0.15, 0.2) is 0 Å². The highest BCUT2D eigenvalue weighted by Crippen LogP contribution is 2.17. The fraction of sp³-hybridized carbons (Fsp3) is 0.250. The lowest BCUT2D eigenvalue weighted by Crippen LogP contribution is -2.35. The summed E-state index contributed by atoms with van der Waals surface area (Å²) in [4.78, 5) is 33.6. The fourth-order valence-corrected chi connectivity index (χ4v) is 1.95. The van der Waals surface area contributed by atoms with Gasteiger partial charge < -0.3 is 14.4 Å². The molecule has 1 aromatic heterocycles. The van der Waals surface area contributed by atoms with Crippen LogP contribution in [0.2, 0.25) is 0 Å². The van der Waals surface area contributed by atoms with E-state index in [1.54, 1.807) is 38.4 Å². The molecule has 10 nitrogen and oxygen atoms in total. The van der Waals surface area contributed by atoms with Crippen molar-refractivity contribution in [3.8, 4) is 11.8 Å². The van der Waals surface area contributed by atoms with Gasteiger partial charge in [0.2, 0.25) is 17.7 Å². The number of urea groups is 1. The molecule has 0 saturated carbocycles. The van der Waals surface area contributed by atoms with Crippen LogP contribution in [0.4, 0.5) is 16.4 Å². The second-order valence-electron chi connectivity index (χ2n) is 5.23. The third-order valence-electron chi connectivity index (χ3n) is 3.20. The number of para-hydroxylation sites is 1. The topological polar surface area (TPSA) is 118 Å². The zero-order valence-electron chi connectivity index (χ0n) is 14.9. The molecule has 0 radical (unpaired) electrons. The Balaban J connectivity index is 2.05. The predicted octanol–water partition coefficient (Wildman–Crippen LogP) is 1.34. The zero-order valence-corrected chi connectivity index (χ0v) is 14.9. The Kier molecular flexibility index (Phi) is 6.15. The number of carbonyl (C=O) groups excluding carboxylic acids is 2. The fourth-order valence-electron chi connectivity index (χ4n) is 1.95. The van der Waals surface area contributed by atoms with Crippen molar-refractivity contribution in [3.05, 3.63) is 35.9 Å². The van der Waals surface area contributed by atoms with E-state index in [1.807, 2.05) is 0 Å². The van der Waals surface area contributed by atoms with E-state index in [9.17, 15) is 9.59 Å². The molecule has 2 aromatic rings. The number of hydrazine groups is 1. The Bertz CT molecular complexity index is 774. The third-order valence-corrected chi connectivity index (χ3v) is 3.20. The summed E-state index contributed by atoms with van der Waals surface area (Å²) in [6, 6.07) is 7.64. The monoisotopic (exact) mass is 360 g/mol. The van der Waals surface area contributed by atoms with E-state index in [0.29, 0.717) is 11.3 Å². The van der Waals surface area contributed by atoms with E-state index in [2.05, 4.69) is 26.1 Å². The van der Waals surface area contributed by atoms with Crippen LogP contribution in [-0.4, -0.2) is 55.1 Å². The number of hydrogen-bond acceptors (Lipinski definition) is 7. The van der Waals surface area contributed by atoms with Gasteiger partial charge in [-0.15, -0.1) is 0 Å². The maximum absolute atomic E-state index is 12.2. The molecule has 138 valence electrons. The Morgan fingerprint density at radius 2 is 1.65 bits per heavy atom. The molecule has 10 heteroatoms. The predicted molar refractivity (Wildman–Crippen MR) is 95.4 cm³/mol. The van der Waals surface area contributed by atoms with Crippen LogP contribution >= 0.6 is 0 Å². The van der Waals surface area contributed by atoms with Gasteiger partial charge in [-0.05, 0) is 12.1 Å². The molecule has 0 spiro atoms. The molecule has 0 aliphatic carbocycles. The number of nitrogens with one attached hydrogen (secondary N) is 3. The highest BCUT2D eigenvalue weighted by Gasteiger charge is 2.14. The maximum atomic E-state index is 12.2. The number of benzene rings is 1. The first kappa shape index (κ1) is 18.8. The van der Waals surface area contributed by atoms with Crippen molar-refractivity contribution in [2.75, 3.05) is 39.1 Å². The van der Waals surface area contributed by atoms with Gasteiger partial charge in [0, 0.05) is 14.1 Å². The molecule has 0 unspecified atom stereocenters. The number of nitrogens with zero attached hydrogens (tertiary/aromatic N) is 3. The smallest absolute Gasteiger partial charge is 0.340 e. The van der Waals surface area contributed by atoms with Crippen LogP contribution < -0.4 is 25.6 Å². The molecule has 1 heterocycles. The minimum atomic E-state index is -0.632. The van der Waals surface area contributed by atoms with Crippen molar-refractivity contribution < 1.29 is 19.1 Å². The van der Waals surface area contributed by atoms with Gasteiger partial charge in [-0.2, -0.15) is 9.97 Å². The maximum Gasteiger partial charge on any atom is 0.340 e. The van der Waals surface area contributed by atoms with Gasteiger partial charge in [-0.25, -0.2) is 4.79 Å². The van der Waals surface area contributed by atoms with Gasteiger partial charge in [0.05, 0.1) is 31.5 Å². The molecule has 0 aliphatic heterocycles. The zero-order chi connectivity index (χ0) is 19.1. The molecule has 0 atom stereocenters. The van der Waals surface area contributed by atoms with Crippen LogP contribution in [0.3, 0.4) is 0 Å². The lowest BCUT2D eigenvalue weighted by molar-refractivity contribution is 0.0828. The van der Waals surface area contributed by atoms with E-state index in [-0.39, 0.29) is 23.6 Å². The van der Waals surface area contributed by atoms with Gasteiger partial charge in [0.25, 0.3) is 5.91 Å². The highest BCUT2D eigenvalue weighted by atomic mass is 16.5. The summed E-state index contributed by atoms with van der Waals surface area (Å²) in [7, 11) is 6.16. The standard InChI is InChI=1S/C16H20N6O4/c1-22(2)14(23)10-7-5-6-8-11(10)20-21-16(24)19-15-17-12(25-3)9-13(18-15)26-4/h5-9,20H,1-4H3,(H2,17,18,19,21,24). The van der Waals surface area contributed by atoms with Crippen LogP contribution in [-0.2, 0) is 0 Å². The van der Waals surface area contributed by atoms with E-state index in [0.717, 1.165) is 0 Å². The average Bonchev–Trinajstić information content (AvgIpc) is 2.65. The molecule has 1 aromatic carbocycles. The highest BCUT2D eigenvalue weighted by molar-refractivity contribution is 5.99. The summed E-state index contributed by atoms with van der Waals surface area (Å²) in [6.45, 7) is 0. The van der Waals surface area contributed by atoms with Crippen molar-refractivity contribution in [2.24, 2.45) is 0 Å². The molecule has 3 amide bonds. The number of rotatable bonds is 6. The van der Waals surface area contributed by atoms with Gasteiger partial charge in [-0.3, -0.25) is 21.0 Å². The minimum absolute atomic E-state index is 0.00171. The molecule has 0 saturated heterocycles. The van der Waals surface area contributed by atoms with Crippen LogP contribution in [0.5, 0.6) is 11.8 Å². The van der Waals surface area contributed by atoms with Crippen LogP contribution in [0.15, 0.2) is 30.3 Å². The quantitative estimate of drug-likeness (QED) is 0.665. The summed E-state index contributed by atoms with van der Waals surface area (Å²) in [6.07, 6.45) is 0.